The standard InChI is InChI=1S/C24H26N6O2S.C23H27N3O3.C20H22N2O2.C15H21N3O/c1-28(2)23(32)30-16-24(18-10-6-7-11-19(18)30)12-14-29(15-13-24)22(31)25-21-27-26-20(33-21)17-8-4-3-5-9-17;1-24(2)21(27)26-17-23(19-10-6-7-11-20(19)26)12-14-25(15-13-23)22(28)29-16-18-8-4-3-5-9-18;23-19(24-14-16-6-2-1-3-7-16)22-12-10-20(11-13-22)15-21-18-9-5-4-8-17(18)20;1-17(2)14(19)18-11-15(7-9-16-10-8-15)12-5-3-4-6-13(12)18/h3-11H,12-16H2,1-2H3,(H,25,27,31);3-11H,12-17H2,1-2H3;1-9,21H,10-15H2;3-6,16H,7-11H2,1-2H3. The number of urea groups is 4. The molecule has 0 aliphatic carbocycles. The van der Waals surface area contributed by atoms with Gasteiger partial charge in [-0.3, -0.25) is 20.0 Å². The van der Waals surface area contributed by atoms with Gasteiger partial charge in [-0.15, -0.1) is 10.2 Å². The number of piperidine rings is 4. The van der Waals surface area contributed by atoms with Crippen LogP contribution in [0.5, 0.6) is 0 Å². The average molecular weight is 1440 g/mol. The summed E-state index contributed by atoms with van der Waals surface area (Å²) in [4.78, 5) is 91.6. The first-order valence-corrected chi connectivity index (χ1v) is 37.3. The second-order valence-electron chi connectivity index (χ2n) is 29.4. The maximum absolute atomic E-state index is 12.9. The molecule has 16 rings (SSSR count). The van der Waals surface area contributed by atoms with Crippen LogP contribution in [-0.4, -0.2) is 197 Å². The molecule has 9 heterocycles. The van der Waals surface area contributed by atoms with Crippen LogP contribution in [0.25, 0.3) is 10.6 Å². The number of hydrogen-bond donors (Lipinski definition) is 3. The van der Waals surface area contributed by atoms with E-state index >= 15 is 0 Å². The molecule has 0 bridgehead atoms. The van der Waals surface area contributed by atoms with Crippen LogP contribution in [0.15, 0.2) is 188 Å². The van der Waals surface area contributed by atoms with E-state index in [4.69, 9.17) is 9.47 Å². The zero-order valence-corrected chi connectivity index (χ0v) is 61.9. The predicted octanol–water partition coefficient (Wildman–Crippen LogP) is 13.7. The third kappa shape index (κ3) is 15.7. The maximum Gasteiger partial charge on any atom is 0.410 e. The van der Waals surface area contributed by atoms with Crippen molar-refractivity contribution in [2.45, 2.75) is 86.2 Å². The molecule has 1 aromatic heterocycles. The third-order valence-electron chi connectivity index (χ3n) is 22.2. The van der Waals surface area contributed by atoms with Crippen LogP contribution in [0, 0.1) is 0 Å². The third-order valence-corrected chi connectivity index (χ3v) is 23.1. The highest BCUT2D eigenvalue weighted by molar-refractivity contribution is 7.18. The summed E-state index contributed by atoms with van der Waals surface area (Å²) in [7, 11) is 10.7. The number of anilines is 5. The minimum Gasteiger partial charge on any atom is -0.445 e. The zero-order chi connectivity index (χ0) is 73.3. The van der Waals surface area contributed by atoms with Gasteiger partial charge in [0.2, 0.25) is 5.13 Å². The van der Waals surface area contributed by atoms with Crippen molar-refractivity contribution in [3.8, 4) is 10.6 Å². The van der Waals surface area contributed by atoms with Gasteiger partial charge in [0.05, 0.1) is 0 Å². The molecule has 8 aliphatic heterocycles. The molecule has 0 radical (unpaired) electrons. The lowest BCUT2D eigenvalue weighted by Crippen LogP contribution is -2.49. The van der Waals surface area contributed by atoms with Gasteiger partial charge in [0.25, 0.3) is 0 Å². The van der Waals surface area contributed by atoms with Gasteiger partial charge in [0.15, 0.2) is 0 Å². The molecular formula is C82H96N14O8S. The van der Waals surface area contributed by atoms with E-state index in [9.17, 15) is 28.8 Å². The van der Waals surface area contributed by atoms with Crippen molar-refractivity contribution in [3.05, 3.63) is 221 Å². The number of aromatic nitrogens is 2. The Morgan fingerprint density at radius 2 is 0.790 bits per heavy atom. The summed E-state index contributed by atoms with van der Waals surface area (Å²) in [5.41, 5.74) is 12.6. The number of ether oxygens (including phenoxy) is 2. The zero-order valence-electron chi connectivity index (χ0n) is 61.0. The summed E-state index contributed by atoms with van der Waals surface area (Å²) < 4.78 is 11.0. The molecule has 22 nitrogen and oxygen atoms in total. The van der Waals surface area contributed by atoms with Gasteiger partial charge < -0.3 is 49.5 Å². The van der Waals surface area contributed by atoms with Crippen LogP contribution in [0.2, 0.25) is 0 Å². The fraction of sp³-hybridized carbons (Fsp3) is 0.390. The fourth-order valence-corrected chi connectivity index (χ4v) is 17.1. The molecule has 0 saturated carbocycles. The number of benzene rings is 7. The van der Waals surface area contributed by atoms with Crippen molar-refractivity contribution < 1.29 is 38.2 Å². The SMILES string of the molecule is CN(C)C(=O)N1CC2(CCN(C(=O)Nc3nnc(-c4ccccc4)s3)CC2)c2ccccc21.CN(C)C(=O)N1CC2(CCN(C(=O)OCc3ccccc3)CC2)c2ccccc21.CN(C)C(=O)N1CC2(CCNCC2)c2ccccc21.O=C(OCc1ccccc1)N1CCC2(CC1)CNc1ccccc12. The molecule has 548 valence electrons. The Hall–Kier alpha value is -10.5. The number of hydrogen-bond acceptors (Lipinski definition) is 13. The number of amides is 10. The van der Waals surface area contributed by atoms with E-state index in [-0.39, 0.29) is 64.6 Å². The first kappa shape index (κ1) is 72.8. The molecule has 10 amide bonds. The van der Waals surface area contributed by atoms with Crippen molar-refractivity contribution in [1.29, 1.82) is 0 Å². The first-order valence-electron chi connectivity index (χ1n) is 36.5. The quantitative estimate of drug-likeness (QED) is 0.142. The summed E-state index contributed by atoms with van der Waals surface area (Å²) in [6.45, 7) is 9.82. The minimum absolute atomic E-state index is 0.000902. The topological polar surface area (TPSA) is 212 Å². The summed E-state index contributed by atoms with van der Waals surface area (Å²) in [5.74, 6) is 0. The van der Waals surface area contributed by atoms with E-state index in [0.717, 1.165) is 129 Å². The molecule has 8 aromatic rings. The van der Waals surface area contributed by atoms with Gasteiger partial charge in [0.1, 0.15) is 18.2 Å². The monoisotopic (exact) mass is 1440 g/mol. The molecule has 4 saturated heterocycles. The highest BCUT2D eigenvalue weighted by Gasteiger charge is 2.50. The van der Waals surface area contributed by atoms with Crippen LogP contribution in [0.4, 0.5) is 56.6 Å². The Morgan fingerprint density at radius 3 is 1.22 bits per heavy atom. The predicted molar refractivity (Wildman–Crippen MR) is 412 cm³/mol. The molecule has 7 aromatic carbocycles. The minimum atomic E-state index is -0.267. The van der Waals surface area contributed by atoms with Crippen molar-refractivity contribution in [2.75, 3.05) is 146 Å². The lowest BCUT2D eigenvalue weighted by Gasteiger charge is -2.39. The lowest BCUT2D eigenvalue weighted by molar-refractivity contribution is 0.0784. The van der Waals surface area contributed by atoms with Crippen LogP contribution in [0.1, 0.15) is 84.7 Å². The summed E-state index contributed by atoms with van der Waals surface area (Å²) >= 11 is 1.36. The molecule has 23 heteroatoms. The number of fused-ring (bicyclic) bond motifs is 8. The van der Waals surface area contributed by atoms with Gasteiger partial charge in [-0.1, -0.05) is 175 Å². The van der Waals surface area contributed by atoms with Gasteiger partial charge in [-0.05, 0) is 122 Å². The largest absolute Gasteiger partial charge is 0.445 e. The second-order valence-corrected chi connectivity index (χ2v) is 30.3. The fourth-order valence-electron chi connectivity index (χ4n) is 16.4. The second kappa shape index (κ2) is 31.8. The van der Waals surface area contributed by atoms with Gasteiger partial charge in [0, 0.05) is 158 Å². The Kier molecular flexibility index (Phi) is 22.1. The molecule has 4 fully saturated rings. The van der Waals surface area contributed by atoms with Gasteiger partial charge >= 0.3 is 36.3 Å². The number of nitrogens with one attached hydrogen (secondary N) is 3. The molecule has 4 spiro atoms. The van der Waals surface area contributed by atoms with E-state index < -0.39 is 0 Å². The van der Waals surface area contributed by atoms with Crippen LogP contribution >= 0.6 is 11.3 Å². The maximum atomic E-state index is 12.9. The smallest absolute Gasteiger partial charge is 0.410 e. The number of rotatable bonds is 6. The van der Waals surface area contributed by atoms with E-state index in [2.05, 4.69) is 80.7 Å². The van der Waals surface area contributed by atoms with Crippen molar-refractivity contribution in [2.24, 2.45) is 0 Å². The number of para-hydroxylation sites is 4. The highest BCUT2D eigenvalue weighted by Crippen LogP contribution is 2.50. The number of carbonyl (C=O) groups is 6. The van der Waals surface area contributed by atoms with E-state index in [1.807, 2.05) is 172 Å². The summed E-state index contributed by atoms with van der Waals surface area (Å²) in [5, 5.41) is 19.4. The van der Waals surface area contributed by atoms with E-state index in [1.54, 1.807) is 47.8 Å². The number of carbonyl (C=O) groups excluding carboxylic acids is 6. The summed E-state index contributed by atoms with van der Waals surface area (Å²) in [6.07, 6.45) is 6.98. The highest BCUT2D eigenvalue weighted by atomic mass is 32.1. The summed E-state index contributed by atoms with van der Waals surface area (Å²) in [6, 6.07) is 62.5. The van der Waals surface area contributed by atoms with Gasteiger partial charge in [-0.25, -0.2) is 28.8 Å². The van der Waals surface area contributed by atoms with Gasteiger partial charge in [-0.2, -0.15) is 0 Å². The Morgan fingerprint density at radius 1 is 0.429 bits per heavy atom. The Balaban J connectivity index is 0.000000126. The van der Waals surface area contributed by atoms with Crippen molar-refractivity contribution >= 4 is 75.5 Å². The van der Waals surface area contributed by atoms with Crippen LogP contribution in [0.3, 0.4) is 0 Å². The average Bonchev–Trinajstić information content (AvgIpc) is 1.60. The lowest BCUT2D eigenvalue weighted by atomic mass is 9.74. The van der Waals surface area contributed by atoms with Crippen molar-refractivity contribution in [3.63, 3.8) is 0 Å². The normalized spacial score (nSPS) is 17.8. The van der Waals surface area contributed by atoms with E-state index in [1.165, 1.54) is 39.3 Å². The molecular weight excluding hydrogens is 1340 g/mol. The first-order chi connectivity index (χ1) is 50.9. The molecule has 8 aliphatic rings. The molecule has 0 unspecified atom stereocenters. The Labute approximate surface area is 619 Å². The van der Waals surface area contributed by atoms with Crippen molar-refractivity contribution in [1.82, 2.24) is 44.9 Å². The number of likely N-dealkylation sites (tertiary alicyclic amines) is 3. The Bertz CT molecular complexity index is 4360. The molecule has 0 atom stereocenters. The molecule has 3 N–H and O–H groups in total. The molecule has 105 heavy (non-hydrogen) atoms. The van der Waals surface area contributed by atoms with E-state index in [0.29, 0.717) is 51.0 Å². The van der Waals surface area contributed by atoms with Crippen LogP contribution in [-0.2, 0) is 44.3 Å². The van der Waals surface area contributed by atoms with Crippen LogP contribution < -0.4 is 30.7 Å². The number of nitrogens with zero attached hydrogens (tertiary/aromatic N) is 11.